The molecule has 0 aliphatic rings. The Labute approximate surface area is 156 Å². The van der Waals surface area contributed by atoms with Crippen molar-refractivity contribution in [3.63, 3.8) is 0 Å². The van der Waals surface area contributed by atoms with Crippen molar-refractivity contribution >= 4 is 17.5 Å². The van der Waals surface area contributed by atoms with E-state index in [9.17, 15) is 19.7 Å². The maximum atomic E-state index is 12.8. The number of carbonyl (C=O) groups excluding carboxylic acids is 2. The molecule has 0 bridgehead atoms. The van der Waals surface area contributed by atoms with E-state index in [-0.39, 0.29) is 53.3 Å². The highest BCUT2D eigenvalue weighted by atomic mass is 16.6. The van der Waals surface area contributed by atoms with Gasteiger partial charge in [-0.15, -0.1) is 0 Å². The van der Waals surface area contributed by atoms with Crippen LogP contribution >= 0.6 is 0 Å². The molecule has 0 fully saturated rings. The van der Waals surface area contributed by atoms with Gasteiger partial charge in [-0.3, -0.25) is 19.7 Å². The number of non-ortho nitro benzene ring substituents is 1. The standard InChI is InChI=1S/C18H22N4O5/c1-11(2)19-17(23)15-10-27-16(20-15)9-21(12(3)4)18(24)13-6-5-7-14(8-13)22(25)26/h5-8,10-12H,9H2,1-4H3,(H,19,23). The minimum atomic E-state index is -0.551. The molecule has 0 radical (unpaired) electrons. The summed E-state index contributed by atoms with van der Waals surface area (Å²) in [5, 5.41) is 13.6. The summed E-state index contributed by atoms with van der Waals surface area (Å²) in [5.41, 5.74) is 0.167. The third-order valence-corrected chi connectivity index (χ3v) is 3.70. The monoisotopic (exact) mass is 374 g/mol. The Balaban J connectivity index is 2.20. The Hall–Kier alpha value is -3.23. The molecule has 1 aromatic carbocycles. The van der Waals surface area contributed by atoms with Gasteiger partial charge in [0.25, 0.3) is 17.5 Å². The number of nitro benzene ring substituents is 1. The van der Waals surface area contributed by atoms with Gasteiger partial charge < -0.3 is 14.6 Å². The van der Waals surface area contributed by atoms with Crippen LogP contribution in [0.2, 0.25) is 0 Å². The van der Waals surface area contributed by atoms with Crippen LogP contribution in [-0.4, -0.2) is 38.7 Å². The molecule has 1 aromatic heterocycles. The van der Waals surface area contributed by atoms with Gasteiger partial charge in [0.1, 0.15) is 6.26 Å². The normalized spacial score (nSPS) is 10.9. The SMILES string of the molecule is CC(C)NC(=O)c1coc(CN(C(=O)c2cccc([N+](=O)[O-])c2)C(C)C)n1. The number of nitrogens with one attached hydrogen (secondary N) is 1. The summed E-state index contributed by atoms with van der Waals surface area (Å²) in [5.74, 6) is -0.544. The first-order valence-electron chi connectivity index (χ1n) is 8.49. The molecule has 0 saturated heterocycles. The molecule has 1 heterocycles. The Kier molecular flexibility index (Phi) is 6.27. The first kappa shape index (κ1) is 20.1. The molecule has 1 N–H and O–H groups in total. The molecule has 2 aromatic rings. The lowest BCUT2D eigenvalue weighted by atomic mass is 10.1. The summed E-state index contributed by atoms with van der Waals surface area (Å²) in [6.07, 6.45) is 1.24. The zero-order valence-electron chi connectivity index (χ0n) is 15.6. The van der Waals surface area contributed by atoms with Crippen LogP contribution in [0.25, 0.3) is 0 Å². The van der Waals surface area contributed by atoms with E-state index in [4.69, 9.17) is 4.42 Å². The predicted molar refractivity (Wildman–Crippen MR) is 97.2 cm³/mol. The van der Waals surface area contributed by atoms with Crippen molar-refractivity contribution < 1.29 is 18.9 Å². The second-order valence-electron chi connectivity index (χ2n) is 6.59. The number of benzene rings is 1. The minimum Gasteiger partial charge on any atom is -0.446 e. The van der Waals surface area contributed by atoms with Crippen molar-refractivity contribution in [3.8, 4) is 0 Å². The molecule has 0 spiro atoms. The van der Waals surface area contributed by atoms with Gasteiger partial charge in [0.05, 0.1) is 11.5 Å². The molecule has 27 heavy (non-hydrogen) atoms. The van der Waals surface area contributed by atoms with Crippen molar-refractivity contribution in [1.82, 2.24) is 15.2 Å². The number of nitrogens with zero attached hydrogens (tertiary/aromatic N) is 3. The van der Waals surface area contributed by atoms with Crippen molar-refractivity contribution in [2.24, 2.45) is 0 Å². The number of hydrogen-bond donors (Lipinski definition) is 1. The highest BCUT2D eigenvalue weighted by molar-refractivity contribution is 5.95. The Morgan fingerprint density at radius 1 is 1.30 bits per heavy atom. The van der Waals surface area contributed by atoms with Crippen LogP contribution in [0.1, 0.15) is 54.4 Å². The van der Waals surface area contributed by atoms with Crippen LogP contribution in [0.15, 0.2) is 34.9 Å². The first-order valence-corrected chi connectivity index (χ1v) is 8.49. The van der Waals surface area contributed by atoms with Gasteiger partial charge in [-0.05, 0) is 33.8 Å². The summed E-state index contributed by atoms with van der Waals surface area (Å²) in [7, 11) is 0. The number of oxazole rings is 1. The molecular weight excluding hydrogens is 352 g/mol. The highest BCUT2D eigenvalue weighted by Gasteiger charge is 2.23. The highest BCUT2D eigenvalue weighted by Crippen LogP contribution is 2.18. The molecule has 9 nitrogen and oxygen atoms in total. The van der Waals surface area contributed by atoms with Crippen LogP contribution in [-0.2, 0) is 6.54 Å². The molecule has 0 unspecified atom stereocenters. The lowest BCUT2D eigenvalue weighted by Gasteiger charge is -2.25. The minimum absolute atomic E-state index is 0.0359. The van der Waals surface area contributed by atoms with E-state index in [0.717, 1.165) is 0 Å². The fourth-order valence-corrected chi connectivity index (χ4v) is 2.38. The molecular formula is C18H22N4O5. The summed E-state index contributed by atoms with van der Waals surface area (Å²) in [4.78, 5) is 40.7. The first-order chi connectivity index (χ1) is 12.7. The van der Waals surface area contributed by atoms with Crippen molar-refractivity contribution in [1.29, 1.82) is 0 Å². The van der Waals surface area contributed by atoms with E-state index in [1.54, 1.807) is 0 Å². The van der Waals surface area contributed by atoms with Crippen molar-refractivity contribution in [3.05, 3.63) is 57.8 Å². The van der Waals surface area contributed by atoms with Gasteiger partial charge >= 0.3 is 0 Å². The average molecular weight is 374 g/mol. The number of nitro groups is 1. The Bertz CT molecular complexity index is 844. The predicted octanol–water partition coefficient (Wildman–Crippen LogP) is 2.77. The van der Waals surface area contributed by atoms with Gasteiger partial charge in [-0.1, -0.05) is 6.07 Å². The topological polar surface area (TPSA) is 119 Å². The third kappa shape index (κ3) is 5.13. The Morgan fingerprint density at radius 2 is 2.00 bits per heavy atom. The van der Waals surface area contributed by atoms with E-state index in [0.29, 0.717) is 0 Å². The van der Waals surface area contributed by atoms with Crippen molar-refractivity contribution in [2.75, 3.05) is 0 Å². The van der Waals surface area contributed by atoms with E-state index in [1.165, 1.54) is 35.4 Å². The van der Waals surface area contributed by atoms with Gasteiger partial charge in [-0.2, -0.15) is 0 Å². The molecule has 0 aliphatic heterocycles. The van der Waals surface area contributed by atoms with Crippen LogP contribution in [0.4, 0.5) is 5.69 Å². The number of rotatable bonds is 7. The van der Waals surface area contributed by atoms with E-state index < -0.39 is 4.92 Å². The second-order valence-corrected chi connectivity index (χ2v) is 6.59. The fraction of sp³-hybridized carbons (Fsp3) is 0.389. The van der Waals surface area contributed by atoms with E-state index >= 15 is 0 Å². The number of carbonyl (C=O) groups is 2. The molecule has 2 amide bonds. The van der Waals surface area contributed by atoms with Crippen LogP contribution in [0.3, 0.4) is 0 Å². The van der Waals surface area contributed by atoms with Gasteiger partial charge in [0.2, 0.25) is 5.89 Å². The fourth-order valence-electron chi connectivity index (χ4n) is 2.38. The van der Waals surface area contributed by atoms with Crippen LogP contribution in [0, 0.1) is 10.1 Å². The maximum Gasteiger partial charge on any atom is 0.273 e. The largest absolute Gasteiger partial charge is 0.446 e. The van der Waals surface area contributed by atoms with Crippen molar-refractivity contribution in [2.45, 2.75) is 46.3 Å². The molecule has 0 aliphatic carbocycles. The summed E-state index contributed by atoms with van der Waals surface area (Å²) < 4.78 is 5.32. The average Bonchev–Trinajstić information content (AvgIpc) is 3.07. The zero-order valence-corrected chi connectivity index (χ0v) is 15.6. The van der Waals surface area contributed by atoms with Gasteiger partial charge in [-0.25, -0.2) is 4.98 Å². The molecule has 144 valence electrons. The van der Waals surface area contributed by atoms with Gasteiger partial charge in [0, 0.05) is 29.8 Å². The van der Waals surface area contributed by atoms with E-state index in [2.05, 4.69) is 10.3 Å². The quantitative estimate of drug-likeness (QED) is 0.588. The second kappa shape index (κ2) is 8.43. The lowest BCUT2D eigenvalue weighted by molar-refractivity contribution is -0.384. The molecule has 0 saturated carbocycles. The van der Waals surface area contributed by atoms with Crippen LogP contribution < -0.4 is 5.32 Å². The number of amides is 2. The third-order valence-electron chi connectivity index (χ3n) is 3.70. The smallest absolute Gasteiger partial charge is 0.273 e. The lowest BCUT2D eigenvalue weighted by Crippen LogP contribution is -2.36. The summed E-state index contributed by atoms with van der Waals surface area (Å²) >= 11 is 0. The Morgan fingerprint density at radius 3 is 2.59 bits per heavy atom. The maximum absolute atomic E-state index is 12.8. The molecule has 9 heteroatoms. The summed E-state index contributed by atoms with van der Waals surface area (Å²) in [6.45, 7) is 7.32. The summed E-state index contributed by atoms with van der Waals surface area (Å²) in [6, 6.07) is 5.28. The van der Waals surface area contributed by atoms with Gasteiger partial charge in [0.15, 0.2) is 5.69 Å². The number of hydrogen-bond acceptors (Lipinski definition) is 6. The van der Waals surface area contributed by atoms with Crippen LogP contribution in [0.5, 0.6) is 0 Å². The number of aromatic nitrogens is 1. The molecule has 2 rings (SSSR count). The molecule has 0 atom stereocenters. The van der Waals surface area contributed by atoms with E-state index in [1.807, 2.05) is 27.7 Å². The zero-order chi connectivity index (χ0) is 20.1.